The number of nitrogens with one attached hydrogen (secondary N) is 1. The van der Waals surface area contributed by atoms with E-state index in [0.717, 1.165) is 18.1 Å². The summed E-state index contributed by atoms with van der Waals surface area (Å²) in [6, 6.07) is 8.71. The number of rotatable bonds is 4. The van der Waals surface area contributed by atoms with Gasteiger partial charge in [-0.15, -0.1) is 24.0 Å². The lowest BCUT2D eigenvalue weighted by molar-refractivity contribution is 0.474. The standard InChI is InChI=1S/C15H18FN3S.HI/c1-17-15(18-9-13-6-7-20-11-13)19(2)10-12-4-3-5-14(16)8-12;/h3-8,11H,9-10H2,1-2H3,(H,17,18);1H. The third kappa shape index (κ3) is 5.62. The molecule has 1 N–H and O–H groups in total. The van der Waals surface area contributed by atoms with Crippen molar-refractivity contribution in [2.45, 2.75) is 13.1 Å². The number of aliphatic imine (C=N–C) groups is 1. The van der Waals surface area contributed by atoms with Crippen LogP contribution in [0.15, 0.2) is 46.1 Å². The van der Waals surface area contributed by atoms with Gasteiger partial charge in [0.25, 0.3) is 0 Å². The molecule has 6 heteroatoms. The van der Waals surface area contributed by atoms with Gasteiger partial charge < -0.3 is 10.2 Å². The highest BCUT2D eigenvalue weighted by molar-refractivity contribution is 14.0. The number of nitrogens with zero attached hydrogens (tertiary/aromatic N) is 2. The van der Waals surface area contributed by atoms with Crippen LogP contribution in [0.4, 0.5) is 4.39 Å². The van der Waals surface area contributed by atoms with E-state index in [1.807, 2.05) is 18.0 Å². The summed E-state index contributed by atoms with van der Waals surface area (Å²) in [7, 11) is 3.69. The summed E-state index contributed by atoms with van der Waals surface area (Å²) in [4.78, 5) is 6.22. The molecule has 0 radical (unpaired) electrons. The van der Waals surface area contributed by atoms with Crippen molar-refractivity contribution >= 4 is 41.3 Å². The molecule has 0 aliphatic heterocycles. The molecule has 0 aliphatic rings. The predicted molar refractivity (Wildman–Crippen MR) is 97.8 cm³/mol. The normalized spacial score (nSPS) is 10.9. The van der Waals surface area contributed by atoms with Crippen LogP contribution in [0.1, 0.15) is 11.1 Å². The molecule has 0 spiro atoms. The summed E-state index contributed by atoms with van der Waals surface area (Å²) < 4.78 is 13.2. The zero-order valence-corrected chi connectivity index (χ0v) is 15.2. The first-order chi connectivity index (χ1) is 9.69. The van der Waals surface area contributed by atoms with Crippen molar-refractivity contribution in [1.82, 2.24) is 10.2 Å². The molecule has 3 nitrogen and oxygen atoms in total. The molecule has 0 saturated carbocycles. The Kier molecular flexibility index (Phi) is 7.66. The lowest BCUT2D eigenvalue weighted by atomic mass is 10.2. The van der Waals surface area contributed by atoms with Crippen LogP contribution >= 0.6 is 35.3 Å². The quantitative estimate of drug-likeness (QED) is 0.465. The largest absolute Gasteiger partial charge is 0.352 e. The van der Waals surface area contributed by atoms with E-state index >= 15 is 0 Å². The number of thiophene rings is 1. The van der Waals surface area contributed by atoms with Gasteiger partial charge in [0.2, 0.25) is 0 Å². The number of guanidine groups is 1. The van der Waals surface area contributed by atoms with Crippen LogP contribution in [-0.2, 0) is 13.1 Å². The van der Waals surface area contributed by atoms with Gasteiger partial charge in [0.05, 0.1) is 0 Å². The average Bonchev–Trinajstić information content (AvgIpc) is 2.92. The Morgan fingerprint density at radius 3 is 2.76 bits per heavy atom. The van der Waals surface area contributed by atoms with E-state index in [-0.39, 0.29) is 29.8 Å². The fourth-order valence-corrected chi connectivity index (χ4v) is 2.61. The Morgan fingerprint density at radius 1 is 1.33 bits per heavy atom. The maximum absolute atomic E-state index is 13.2. The smallest absolute Gasteiger partial charge is 0.193 e. The second-order valence-corrected chi connectivity index (χ2v) is 5.30. The molecule has 0 amide bonds. The molecule has 0 saturated heterocycles. The van der Waals surface area contributed by atoms with E-state index in [0.29, 0.717) is 6.54 Å². The van der Waals surface area contributed by atoms with Crippen LogP contribution in [0.2, 0.25) is 0 Å². The van der Waals surface area contributed by atoms with E-state index in [1.54, 1.807) is 30.5 Å². The molecule has 1 heterocycles. The molecule has 2 rings (SSSR count). The van der Waals surface area contributed by atoms with Crippen LogP contribution < -0.4 is 5.32 Å². The third-order valence-electron chi connectivity index (χ3n) is 2.91. The van der Waals surface area contributed by atoms with Crippen LogP contribution in [0.25, 0.3) is 0 Å². The number of halogens is 2. The topological polar surface area (TPSA) is 27.6 Å². The van der Waals surface area contributed by atoms with Gasteiger partial charge in [0.1, 0.15) is 5.82 Å². The minimum atomic E-state index is -0.211. The summed E-state index contributed by atoms with van der Waals surface area (Å²) >= 11 is 1.68. The fourth-order valence-electron chi connectivity index (χ4n) is 1.94. The first-order valence-corrected chi connectivity index (χ1v) is 7.30. The third-order valence-corrected chi connectivity index (χ3v) is 3.64. The van der Waals surface area contributed by atoms with Gasteiger partial charge in [-0.3, -0.25) is 4.99 Å². The Hall–Kier alpha value is -1.15. The molecule has 114 valence electrons. The summed E-state index contributed by atoms with van der Waals surface area (Å²) in [6.07, 6.45) is 0. The first-order valence-electron chi connectivity index (χ1n) is 6.36. The molecular formula is C15H19FIN3S. The van der Waals surface area contributed by atoms with Crippen molar-refractivity contribution in [2.75, 3.05) is 14.1 Å². The van der Waals surface area contributed by atoms with Crippen LogP contribution in [0.3, 0.4) is 0 Å². The summed E-state index contributed by atoms with van der Waals surface area (Å²) in [5, 5.41) is 7.45. The first kappa shape index (κ1) is 17.9. The minimum absolute atomic E-state index is 0. The molecule has 1 aromatic heterocycles. The zero-order chi connectivity index (χ0) is 14.4. The van der Waals surface area contributed by atoms with E-state index in [4.69, 9.17) is 0 Å². The van der Waals surface area contributed by atoms with Crippen LogP contribution in [-0.4, -0.2) is 25.0 Å². The number of benzene rings is 1. The van der Waals surface area contributed by atoms with E-state index < -0.39 is 0 Å². The van der Waals surface area contributed by atoms with Crippen molar-refractivity contribution in [1.29, 1.82) is 0 Å². The van der Waals surface area contributed by atoms with Gasteiger partial charge in [-0.05, 0) is 40.1 Å². The molecule has 0 aliphatic carbocycles. The summed E-state index contributed by atoms with van der Waals surface area (Å²) in [6.45, 7) is 1.35. The maximum atomic E-state index is 13.2. The van der Waals surface area contributed by atoms with Crippen molar-refractivity contribution in [3.8, 4) is 0 Å². The molecule has 0 unspecified atom stereocenters. The molecule has 0 bridgehead atoms. The van der Waals surface area contributed by atoms with Gasteiger partial charge in [0.15, 0.2) is 5.96 Å². The Balaban J connectivity index is 0.00000220. The van der Waals surface area contributed by atoms with Crippen molar-refractivity contribution in [3.63, 3.8) is 0 Å². The highest BCUT2D eigenvalue weighted by Gasteiger charge is 2.07. The number of hydrogen-bond donors (Lipinski definition) is 1. The predicted octanol–water partition coefficient (Wildman–Crippen LogP) is 3.71. The fraction of sp³-hybridized carbons (Fsp3) is 0.267. The maximum Gasteiger partial charge on any atom is 0.193 e. The molecule has 2 aromatic rings. The Morgan fingerprint density at radius 2 is 2.14 bits per heavy atom. The van der Waals surface area contributed by atoms with E-state index in [9.17, 15) is 4.39 Å². The average molecular weight is 419 g/mol. The lowest BCUT2D eigenvalue weighted by Crippen LogP contribution is -2.37. The molecule has 0 atom stereocenters. The summed E-state index contributed by atoms with van der Waals surface area (Å²) in [5.74, 6) is 0.581. The van der Waals surface area contributed by atoms with Gasteiger partial charge in [0, 0.05) is 27.2 Å². The number of hydrogen-bond acceptors (Lipinski definition) is 2. The van der Waals surface area contributed by atoms with Gasteiger partial charge >= 0.3 is 0 Å². The summed E-state index contributed by atoms with van der Waals surface area (Å²) in [5.41, 5.74) is 2.15. The Labute approximate surface area is 145 Å². The lowest BCUT2D eigenvalue weighted by Gasteiger charge is -2.22. The molecular weight excluding hydrogens is 400 g/mol. The van der Waals surface area contributed by atoms with Gasteiger partial charge in [-0.1, -0.05) is 12.1 Å². The highest BCUT2D eigenvalue weighted by Crippen LogP contribution is 2.08. The minimum Gasteiger partial charge on any atom is -0.352 e. The van der Waals surface area contributed by atoms with Gasteiger partial charge in [-0.25, -0.2) is 4.39 Å². The molecule has 21 heavy (non-hydrogen) atoms. The zero-order valence-electron chi connectivity index (χ0n) is 12.0. The molecule has 1 aromatic carbocycles. The van der Waals surface area contributed by atoms with E-state index in [2.05, 4.69) is 27.1 Å². The second-order valence-electron chi connectivity index (χ2n) is 4.52. The van der Waals surface area contributed by atoms with Crippen molar-refractivity contribution in [3.05, 3.63) is 58.0 Å². The highest BCUT2D eigenvalue weighted by atomic mass is 127. The second kappa shape index (κ2) is 8.99. The monoisotopic (exact) mass is 419 g/mol. The van der Waals surface area contributed by atoms with Crippen molar-refractivity contribution < 1.29 is 4.39 Å². The van der Waals surface area contributed by atoms with Crippen LogP contribution in [0, 0.1) is 5.82 Å². The van der Waals surface area contributed by atoms with E-state index in [1.165, 1.54) is 11.6 Å². The van der Waals surface area contributed by atoms with Gasteiger partial charge in [-0.2, -0.15) is 11.3 Å². The Bertz CT molecular complexity index is 572. The van der Waals surface area contributed by atoms with Crippen molar-refractivity contribution in [2.24, 2.45) is 4.99 Å². The SMILES string of the molecule is CN=C(NCc1ccsc1)N(C)Cc1cccc(F)c1.I. The van der Waals surface area contributed by atoms with Crippen LogP contribution in [0.5, 0.6) is 0 Å². The molecule has 0 fully saturated rings.